The monoisotopic (exact) mass is 388 g/mol. The summed E-state index contributed by atoms with van der Waals surface area (Å²) in [5.74, 6) is -0.836. The van der Waals surface area contributed by atoms with E-state index in [2.05, 4.69) is 5.32 Å². The van der Waals surface area contributed by atoms with Gasteiger partial charge in [0, 0.05) is 24.0 Å². The summed E-state index contributed by atoms with van der Waals surface area (Å²) >= 11 is 0. The smallest absolute Gasteiger partial charge is 0.357 e. The highest BCUT2D eigenvalue weighted by atomic mass is 16.5. The fourth-order valence-electron chi connectivity index (χ4n) is 2.96. The van der Waals surface area contributed by atoms with Gasteiger partial charge in [-0.05, 0) is 36.2 Å². The molecule has 7 heteroatoms. The lowest BCUT2D eigenvalue weighted by molar-refractivity contribution is 0.0592. The van der Waals surface area contributed by atoms with Crippen molar-refractivity contribution in [2.75, 3.05) is 19.4 Å². The van der Waals surface area contributed by atoms with Crippen LogP contribution in [0, 0.1) is 11.3 Å². The number of methoxy groups -OCH3 is 1. The second kappa shape index (κ2) is 8.76. The zero-order chi connectivity index (χ0) is 20.8. The number of ether oxygens (including phenoxy) is 1. The molecule has 7 nitrogen and oxygen atoms in total. The third-order valence-corrected chi connectivity index (χ3v) is 4.49. The Bertz CT molecular complexity index is 1060. The van der Waals surface area contributed by atoms with Crippen LogP contribution in [-0.4, -0.2) is 30.1 Å². The maximum atomic E-state index is 12.4. The second-order valence-corrected chi connectivity index (χ2v) is 6.32. The lowest BCUT2D eigenvalue weighted by atomic mass is 10.1. The standard InChI is InChI=1S/C22H20N4O3/c1-29-22(28)20-19(24)17(13-23)14-26(20)18-9-7-16(8-10-18)21(27)25-12-11-15-5-3-2-4-6-15/h2-10,14H,11-12,24H2,1H3,(H,25,27). The van der Waals surface area contributed by atoms with Gasteiger partial charge in [0.15, 0.2) is 5.69 Å². The van der Waals surface area contributed by atoms with Crippen LogP contribution in [0.5, 0.6) is 0 Å². The molecule has 0 atom stereocenters. The molecule has 3 N–H and O–H groups in total. The molecule has 0 bridgehead atoms. The first kappa shape index (κ1) is 19.7. The number of aromatic nitrogens is 1. The molecule has 1 aromatic heterocycles. The Morgan fingerprint density at radius 3 is 2.45 bits per heavy atom. The number of nitrogens with one attached hydrogen (secondary N) is 1. The van der Waals surface area contributed by atoms with Crippen LogP contribution in [0.1, 0.15) is 32.0 Å². The minimum atomic E-state index is -0.647. The molecule has 0 aliphatic carbocycles. The predicted molar refractivity (Wildman–Crippen MR) is 109 cm³/mol. The van der Waals surface area contributed by atoms with E-state index in [1.54, 1.807) is 24.3 Å². The van der Waals surface area contributed by atoms with Crippen molar-refractivity contribution in [3.05, 3.63) is 83.2 Å². The number of esters is 1. The average Bonchev–Trinajstić information content (AvgIpc) is 3.10. The molecule has 0 aliphatic rings. The van der Waals surface area contributed by atoms with Crippen molar-refractivity contribution in [2.24, 2.45) is 0 Å². The molecule has 29 heavy (non-hydrogen) atoms. The number of nitrogens with two attached hydrogens (primary N) is 1. The van der Waals surface area contributed by atoms with E-state index in [1.807, 2.05) is 36.4 Å². The molecule has 0 saturated heterocycles. The molecule has 0 fully saturated rings. The van der Waals surface area contributed by atoms with Crippen LogP contribution in [0.4, 0.5) is 5.69 Å². The Labute approximate surface area is 168 Å². The average molecular weight is 388 g/mol. The Morgan fingerprint density at radius 1 is 1.14 bits per heavy atom. The van der Waals surface area contributed by atoms with Gasteiger partial charge in [-0.1, -0.05) is 30.3 Å². The summed E-state index contributed by atoms with van der Waals surface area (Å²) in [6.45, 7) is 0.525. The van der Waals surface area contributed by atoms with Crippen LogP contribution in [0.2, 0.25) is 0 Å². The summed E-state index contributed by atoms with van der Waals surface area (Å²) in [6.07, 6.45) is 2.21. The predicted octanol–water partition coefficient (Wildman–Crippen LogP) is 2.69. The molecule has 3 aromatic rings. The number of nitrogens with zero attached hydrogens (tertiary/aromatic N) is 2. The molecule has 1 amide bonds. The van der Waals surface area contributed by atoms with Crippen molar-refractivity contribution in [2.45, 2.75) is 6.42 Å². The van der Waals surface area contributed by atoms with E-state index in [1.165, 1.54) is 17.9 Å². The first-order valence-corrected chi connectivity index (χ1v) is 8.97. The molecule has 3 rings (SSSR count). The first-order chi connectivity index (χ1) is 14.0. The fraction of sp³-hybridized carbons (Fsp3) is 0.136. The second-order valence-electron chi connectivity index (χ2n) is 6.32. The summed E-state index contributed by atoms with van der Waals surface area (Å²) in [5.41, 5.74) is 8.43. The molecule has 146 valence electrons. The summed E-state index contributed by atoms with van der Waals surface area (Å²) in [7, 11) is 1.24. The van der Waals surface area contributed by atoms with Crippen molar-refractivity contribution in [1.29, 1.82) is 5.26 Å². The van der Waals surface area contributed by atoms with E-state index in [0.717, 1.165) is 12.0 Å². The molecule has 1 heterocycles. The topological polar surface area (TPSA) is 110 Å². The fourth-order valence-corrected chi connectivity index (χ4v) is 2.96. The van der Waals surface area contributed by atoms with Crippen LogP contribution < -0.4 is 11.1 Å². The van der Waals surface area contributed by atoms with Crippen LogP contribution in [0.15, 0.2) is 60.8 Å². The highest BCUT2D eigenvalue weighted by Crippen LogP contribution is 2.24. The lowest BCUT2D eigenvalue weighted by Crippen LogP contribution is -2.25. The molecular formula is C22H20N4O3. The normalized spacial score (nSPS) is 10.2. The van der Waals surface area contributed by atoms with E-state index >= 15 is 0 Å². The van der Waals surface area contributed by atoms with Crippen molar-refractivity contribution in [3.63, 3.8) is 0 Å². The number of nitriles is 1. The third kappa shape index (κ3) is 4.28. The van der Waals surface area contributed by atoms with Crippen molar-refractivity contribution < 1.29 is 14.3 Å². The number of nitrogen functional groups attached to an aromatic ring is 1. The molecule has 0 unspecified atom stereocenters. The van der Waals surface area contributed by atoms with E-state index in [-0.39, 0.29) is 22.9 Å². The summed E-state index contributed by atoms with van der Waals surface area (Å²) < 4.78 is 6.25. The van der Waals surface area contributed by atoms with E-state index in [4.69, 9.17) is 10.5 Å². The SMILES string of the molecule is COC(=O)c1c(N)c(C#N)cn1-c1ccc(C(=O)NCCc2ccccc2)cc1. The summed E-state index contributed by atoms with van der Waals surface area (Å²) in [6, 6.07) is 18.5. The van der Waals surface area contributed by atoms with Gasteiger partial charge in [-0.15, -0.1) is 0 Å². The number of carbonyl (C=O) groups is 2. The Morgan fingerprint density at radius 2 is 1.83 bits per heavy atom. The third-order valence-electron chi connectivity index (χ3n) is 4.49. The van der Waals surface area contributed by atoms with Gasteiger partial charge in [0.2, 0.25) is 0 Å². The van der Waals surface area contributed by atoms with Gasteiger partial charge in [-0.25, -0.2) is 4.79 Å². The molecule has 0 spiro atoms. The van der Waals surface area contributed by atoms with Crippen LogP contribution >= 0.6 is 0 Å². The molecular weight excluding hydrogens is 368 g/mol. The highest BCUT2D eigenvalue weighted by molar-refractivity contribution is 5.96. The Hall–Kier alpha value is -4.05. The maximum Gasteiger partial charge on any atom is 0.357 e. The van der Waals surface area contributed by atoms with E-state index in [9.17, 15) is 14.9 Å². The van der Waals surface area contributed by atoms with Gasteiger partial charge < -0.3 is 20.4 Å². The number of amides is 1. The quantitative estimate of drug-likeness (QED) is 0.631. The van der Waals surface area contributed by atoms with Gasteiger partial charge in [-0.3, -0.25) is 4.79 Å². The zero-order valence-electron chi connectivity index (χ0n) is 15.9. The van der Waals surface area contributed by atoms with Gasteiger partial charge in [0.05, 0.1) is 18.4 Å². The number of hydrogen-bond donors (Lipinski definition) is 2. The largest absolute Gasteiger partial charge is 0.464 e. The van der Waals surface area contributed by atoms with Crippen LogP contribution in [0.3, 0.4) is 0 Å². The highest BCUT2D eigenvalue weighted by Gasteiger charge is 2.21. The van der Waals surface area contributed by atoms with E-state index < -0.39 is 5.97 Å². The van der Waals surface area contributed by atoms with Gasteiger partial charge in [0.25, 0.3) is 5.91 Å². The first-order valence-electron chi connectivity index (χ1n) is 8.97. The summed E-state index contributed by atoms with van der Waals surface area (Å²) in [4.78, 5) is 24.4. The van der Waals surface area contributed by atoms with E-state index in [0.29, 0.717) is 17.8 Å². The van der Waals surface area contributed by atoms with Crippen LogP contribution in [0.25, 0.3) is 5.69 Å². The van der Waals surface area contributed by atoms with Gasteiger partial charge >= 0.3 is 5.97 Å². The zero-order valence-corrected chi connectivity index (χ0v) is 15.9. The minimum absolute atomic E-state index is 0.0575. The number of carbonyl (C=O) groups excluding carboxylic acids is 2. The van der Waals surface area contributed by atoms with Crippen molar-refractivity contribution in [3.8, 4) is 11.8 Å². The van der Waals surface area contributed by atoms with Crippen LogP contribution in [-0.2, 0) is 11.2 Å². The number of anilines is 1. The van der Waals surface area contributed by atoms with Crippen molar-refractivity contribution in [1.82, 2.24) is 9.88 Å². The van der Waals surface area contributed by atoms with Crippen molar-refractivity contribution >= 4 is 17.6 Å². The maximum absolute atomic E-state index is 12.4. The molecule has 0 aliphatic heterocycles. The number of benzene rings is 2. The molecule has 0 radical (unpaired) electrons. The Kier molecular flexibility index (Phi) is 5.95. The van der Waals surface area contributed by atoms with Gasteiger partial charge in [-0.2, -0.15) is 5.26 Å². The molecule has 0 saturated carbocycles. The molecule has 2 aromatic carbocycles. The minimum Gasteiger partial charge on any atom is -0.464 e. The number of rotatable bonds is 6. The Balaban J connectivity index is 1.74. The summed E-state index contributed by atoms with van der Waals surface area (Å²) in [5, 5.41) is 12.1. The van der Waals surface area contributed by atoms with Gasteiger partial charge in [0.1, 0.15) is 6.07 Å². The number of hydrogen-bond acceptors (Lipinski definition) is 5. The lowest BCUT2D eigenvalue weighted by Gasteiger charge is -2.10.